The molecule has 1 amide bonds. The molecule has 3 aromatic heterocycles. The molecule has 2 bridgehead atoms. The number of amides is 1. The normalized spacial score (nSPS) is 20.5. The summed E-state index contributed by atoms with van der Waals surface area (Å²) in [5.41, 5.74) is 3.73. The van der Waals surface area contributed by atoms with Gasteiger partial charge < -0.3 is 24.3 Å². The summed E-state index contributed by atoms with van der Waals surface area (Å²) in [6.07, 6.45) is 9.38. The minimum atomic E-state index is -1.22. The zero-order chi connectivity index (χ0) is 31.4. The van der Waals surface area contributed by atoms with E-state index in [4.69, 9.17) is 31.0 Å². The average molecular weight is 638 g/mol. The zero-order valence-electron chi connectivity index (χ0n) is 26.9. The molecule has 0 radical (unpaired) electrons. The van der Waals surface area contributed by atoms with Gasteiger partial charge in [0.2, 0.25) is 0 Å². The van der Waals surface area contributed by atoms with E-state index in [0.717, 1.165) is 70.7 Å². The lowest BCUT2D eigenvalue weighted by atomic mass is 9.97. The van der Waals surface area contributed by atoms with Crippen LogP contribution in [0.3, 0.4) is 0 Å². The predicted molar refractivity (Wildman–Crippen MR) is 178 cm³/mol. The van der Waals surface area contributed by atoms with Gasteiger partial charge in [-0.2, -0.15) is 5.10 Å². The standard InChI is InChI=1S/C32H44ClN7O3Si/c1-32(2,3)43-31(41)35-20-14-21-8-9-22(15-20)40(21)27-16-34-29-24(23-10-11-26-25(28(23)33)17-38(4)37-26)18-39(30(29)36-27)19-42-12-13-44(5,6)7/h10-11,16-18,20-22H,8-9,12-15,19H2,1-7H3,(H,35,41)/t20-,21+,22-. The fourth-order valence-corrected chi connectivity index (χ4v) is 7.60. The van der Waals surface area contributed by atoms with Gasteiger partial charge in [0.1, 0.15) is 23.7 Å². The van der Waals surface area contributed by atoms with E-state index in [1.807, 2.05) is 52.3 Å². The first-order valence-electron chi connectivity index (χ1n) is 15.6. The van der Waals surface area contributed by atoms with Crippen molar-refractivity contribution < 1.29 is 14.3 Å². The van der Waals surface area contributed by atoms with Crippen LogP contribution in [-0.4, -0.2) is 68.8 Å². The second kappa shape index (κ2) is 11.6. The minimum Gasteiger partial charge on any atom is -0.444 e. The van der Waals surface area contributed by atoms with E-state index < -0.39 is 13.7 Å². The van der Waals surface area contributed by atoms with Crippen molar-refractivity contribution in [3.8, 4) is 11.1 Å². The Kier molecular flexibility index (Phi) is 8.17. The number of carbonyl (C=O) groups is 1. The van der Waals surface area contributed by atoms with Crippen LogP contribution in [-0.2, 0) is 23.3 Å². The number of rotatable bonds is 8. The van der Waals surface area contributed by atoms with Gasteiger partial charge in [-0.15, -0.1) is 0 Å². The monoisotopic (exact) mass is 637 g/mol. The summed E-state index contributed by atoms with van der Waals surface area (Å²) in [6, 6.07) is 5.74. The highest BCUT2D eigenvalue weighted by atomic mass is 35.5. The molecule has 10 nitrogen and oxygen atoms in total. The zero-order valence-corrected chi connectivity index (χ0v) is 28.6. The third-order valence-corrected chi connectivity index (χ3v) is 10.6. The maximum absolute atomic E-state index is 12.5. The van der Waals surface area contributed by atoms with Crippen LogP contribution in [0, 0.1) is 0 Å². The number of nitrogens with zero attached hydrogens (tertiary/aromatic N) is 6. The number of fused-ring (bicyclic) bond motifs is 4. The van der Waals surface area contributed by atoms with Crippen molar-refractivity contribution >= 4 is 53.7 Å². The number of halogens is 1. The lowest BCUT2D eigenvalue weighted by Crippen LogP contribution is -2.51. The smallest absolute Gasteiger partial charge is 0.407 e. The van der Waals surface area contributed by atoms with Crippen molar-refractivity contribution in [2.24, 2.45) is 7.05 Å². The van der Waals surface area contributed by atoms with E-state index in [1.165, 1.54) is 0 Å². The van der Waals surface area contributed by atoms with Gasteiger partial charge in [-0.25, -0.2) is 14.8 Å². The molecule has 1 N–H and O–H groups in total. The fraction of sp³-hybridized carbons (Fsp3) is 0.562. The van der Waals surface area contributed by atoms with E-state index in [0.29, 0.717) is 18.4 Å². The number of hydrogen-bond acceptors (Lipinski definition) is 7. The lowest BCUT2D eigenvalue weighted by molar-refractivity contribution is 0.0492. The van der Waals surface area contributed by atoms with Crippen molar-refractivity contribution in [2.75, 3.05) is 11.5 Å². The van der Waals surface area contributed by atoms with E-state index in [1.54, 1.807) is 4.68 Å². The maximum Gasteiger partial charge on any atom is 0.407 e. The lowest BCUT2D eigenvalue weighted by Gasteiger charge is -2.39. The van der Waals surface area contributed by atoms with Crippen molar-refractivity contribution in [1.29, 1.82) is 0 Å². The Hall–Kier alpha value is -3.15. The average Bonchev–Trinajstić information content (AvgIpc) is 3.56. The molecule has 6 rings (SSSR count). The van der Waals surface area contributed by atoms with Crippen LogP contribution in [0.15, 0.2) is 30.7 Å². The van der Waals surface area contributed by atoms with Crippen LogP contribution in [0.25, 0.3) is 33.2 Å². The number of carbonyl (C=O) groups excluding carboxylic acids is 1. The molecule has 12 heteroatoms. The van der Waals surface area contributed by atoms with Crippen LogP contribution < -0.4 is 10.2 Å². The molecule has 5 heterocycles. The van der Waals surface area contributed by atoms with E-state index in [9.17, 15) is 4.79 Å². The SMILES string of the molecule is Cn1cc2c(Cl)c(-c3cn(COCC[Si](C)(C)C)c4nc(N5[C@@H]6CC[C@H]5C[C@@H](NC(=O)OC(C)(C)C)C6)cnc34)ccc2n1. The number of benzene rings is 1. The molecule has 4 aromatic rings. The number of ether oxygens (including phenoxy) is 2. The molecule has 2 saturated heterocycles. The van der Waals surface area contributed by atoms with Crippen LogP contribution in [0.4, 0.5) is 10.6 Å². The summed E-state index contributed by atoms with van der Waals surface area (Å²) >= 11 is 6.98. The number of alkyl carbamates (subject to hydrolysis) is 1. The van der Waals surface area contributed by atoms with Crippen molar-refractivity contribution in [3.63, 3.8) is 0 Å². The van der Waals surface area contributed by atoms with Crippen LogP contribution in [0.2, 0.25) is 30.7 Å². The Labute approximate surface area is 265 Å². The van der Waals surface area contributed by atoms with Gasteiger partial charge in [-0.05, 0) is 58.6 Å². The van der Waals surface area contributed by atoms with Crippen molar-refractivity contribution in [2.45, 2.75) is 103 Å². The Morgan fingerprint density at radius 2 is 1.84 bits per heavy atom. The number of hydrogen-bond donors (Lipinski definition) is 1. The molecule has 2 fully saturated rings. The largest absolute Gasteiger partial charge is 0.444 e. The van der Waals surface area contributed by atoms with Gasteiger partial charge >= 0.3 is 6.09 Å². The molecular weight excluding hydrogens is 594 g/mol. The summed E-state index contributed by atoms with van der Waals surface area (Å²) in [5.74, 6) is 0.863. The Morgan fingerprint density at radius 1 is 1.11 bits per heavy atom. The molecule has 0 spiro atoms. The van der Waals surface area contributed by atoms with Crippen molar-refractivity contribution in [3.05, 3.63) is 35.7 Å². The number of anilines is 1. The molecule has 2 aliphatic heterocycles. The highest BCUT2D eigenvalue weighted by Gasteiger charge is 2.42. The van der Waals surface area contributed by atoms with E-state index in [-0.39, 0.29) is 24.2 Å². The molecule has 236 valence electrons. The van der Waals surface area contributed by atoms with Gasteiger partial charge in [0.05, 0.1) is 16.7 Å². The van der Waals surface area contributed by atoms with E-state index in [2.05, 4.69) is 45.7 Å². The fourth-order valence-electron chi connectivity index (χ4n) is 6.53. The third-order valence-electron chi connectivity index (χ3n) is 8.53. The number of nitrogens with one attached hydrogen (secondary N) is 1. The van der Waals surface area contributed by atoms with Crippen LogP contribution in [0.5, 0.6) is 0 Å². The van der Waals surface area contributed by atoms with Gasteiger partial charge in [0.15, 0.2) is 5.65 Å². The number of aromatic nitrogens is 5. The molecule has 0 unspecified atom stereocenters. The molecular formula is C32H44ClN7O3Si. The molecule has 0 aliphatic carbocycles. The quantitative estimate of drug-likeness (QED) is 0.164. The second-order valence-corrected chi connectivity index (χ2v) is 20.5. The molecule has 44 heavy (non-hydrogen) atoms. The highest BCUT2D eigenvalue weighted by Crippen LogP contribution is 2.41. The first-order chi connectivity index (χ1) is 20.8. The van der Waals surface area contributed by atoms with Crippen LogP contribution in [0.1, 0.15) is 46.5 Å². The molecule has 3 atom stereocenters. The number of aryl methyl sites for hydroxylation is 1. The Morgan fingerprint density at radius 3 is 2.52 bits per heavy atom. The maximum atomic E-state index is 12.5. The van der Waals surface area contributed by atoms with Gasteiger partial charge in [0.25, 0.3) is 0 Å². The van der Waals surface area contributed by atoms with Crippen molar-refractivity contribution in [1.82, 2.24) is 29.6 Å². The summed E-state index contributed by atoms with van der Waals surface area (Å²) in [6.45, 7) is 13.8. The van der Waals surface area contributed by atoms with E-state index >= 15 is 0 Å². The van der Waals surface area contributed by atoms with Gasteiger partial charge in [-0.3, -0.25) is 4.68 Å². The first kappa shape index (κ1) is 30.9. The highest BCUT2D eigenvalue weighted by molar-refractivity contribution is 6.76. The van der Waals surface area contributed by atoms with Gasteiger partial charge in [0, 0.05) is 68.8 Å². The molecule has 1 aromatic carbocycles. The summed E-state index contributed by atoms with van der Waals surface area (Å²) in [5, 5.41) is 9.18. The topological polar surface area (TPSA) is 99.3 Å². The Bertz CT molecular complexity index is 1680. The van der Waals surface area contributed by atoms with Gasteiger partial charge in [-0.1, -0.05) is 37.3 Å². The molecule has 2 aliphatic rings. The third kappa shape index (κ3) is 6.45. The Balaban J connectivity index is 1.30. The number of piperidine rings is 1. The predicted octanol–water partition coefficient (Wildman–Crippen LogP) is 6.98. The first-order valence-corrected chi connectivity index (χ1v) is 19.7. The summed E-state index contributed by atoms with van der Waals surface area (Å²) in [4.78, 5) is 25.1. The summed E-state index contributed by atoms with van der Waals surface area (Å²) < 4.78 is 15.6. The second-order valence-electron chi connectivity index (χ2n) is 14.5. The minimum absolute atomic E-state index is 0.0788. The molecule has 0 saturated carbocycles. The van der Waals surface area contributed by atoms with Crippen LogP contribution >= 0.6 is 11.6 Å². The summed E-state index contributed by atoms with van der Waals surface area (Å²) in [7, 11) is 0.675.